The lowest BCUT2D eigenvalue weighted by atomic mass is 9.39. The molecule has 2 amide bonds. The monoisotopic (exact) mass is 862 g/mol. The molecule has 0 radical (unpaired) electrons. The molecule has 1 aromatic carbocycles. The Morgan fingerprint density at radius 3 is 2.33 bits per heavy atom. The Morgan fingerprint density at radius 2 is 1.67 bits per heavy atom. The fraction of sp³-hybridized carbons (Fsp3) is 0.740. The Bertz CT molecular complexity index is 1910. The number of hydrogen-bond acceptors (Lipinski definition) is 7. The number of hydrogen-bond donors (Lipinski definition) is 5. The highest BCUT2D eigenvalue weighted by Crippen LogP contribution is 2.70. The van der Waals surface area contributed by atoms with Gasteiger partial charge in [-0.05, 0) is 172 Å². The van der Waals surface area contributed by atoms with Gasteiger partial charge in [-0.25, -0.2) is 0 Å². The van der Waals surface area contributed by atoms with Crippen LogP contribution in [-0.4, -0.2) is 58.4 Å². The molecule has 12 atom stereocenters. The molecule has 1 aromatic rings. The maximum atomic E-state index is 14.3. The van der Waals surface area contributed by atoms with E-state index in [0.717, 1.165) is 56.9 Å². The van der Waals surface area contributed by atoms with Crippen LogP contribution in [-0.2, 0) is 19.2 Å². The van der Waals surface area contributed by atoms with E-state index in [2.05, 4.69) is 45.3 Å². The minimum Gasteiger partial charge on any atom is -0.481 e. The number of fused-ring (bicyclic) bond motifs is 7. The number of carboxylic acid groups (broad SMARTS) is 1. The van der Waals surface area contributed by atoms with Crippen molar-refractivity contribution in [2.75, 3.05) is 13.1 Å². The number of unbranched alkanes of at least 4 members (excludes halogenated alkanes) is 1. The van der Waals surface area contributed by atoms with Gasteiger partial charge in [0.2, 0.25) is 5.91 Å². The SMILES string of the molecule is CC(C)C1=C2C3CCC4C(CCC5C(C)(C)C(CC(=O)C6CC(C(=O)O)C6C)CCC45C)C3CCC2(CC(=O)NC(O)(CCCCN)CNC(=O)c2ccc(Cl)cc2)CC1=O. The number of benzene rings is 1. The summed E-state index contributed by atoms with van der Waals surface area (Å²) in [4.78, 5) is 66.7. The summed E-state index contributed by atoms with van der Waals surface area (Å²) in [7, 11) is 0. The molecule has 0 saturated heterocycles. The molecule has 11 heteroatoms. The standard InChI is InChI=1S/C50H72ClN3O7/c1-28(2)43-40(56)25-49(26-42(57)54-50(61,19-7-8-22-52)27-53-45(58)30-9-11-32(51)12-10-30)21-18-33-34-14-16-41-47(4,5)31(23-39(55)36-24-37(29(36)3)46(59)60)17-20-48(41,6)38(34)15-13-35(33)44(43)49/h9-12,28-29,31,33-38,41,61H,7-8,13-27,52H2,1-6H3,(H,53,58)(H,54,57)(H,59,60). The summed E-state index contributed by atoms with van der Waals surface area (Å²) < 4.78 is 0. The Morgan fingerprint density at radius 1 is 0.951 bits per heavy atom. The molecular formula is C50H72ClN3O7. The third-order valence-electron chi connectivity index (χ3n) is 17.9. The van der Waals surface area contributed by atoms with Gasteiger partial charge in [-0.15, -0.1) is 0 Å². The number of carbonyl (C=O) groups excluding carboxylic acids is 4. The van der Waals surface area contributed by atoms with Crippen molar-refractivity contribution in [3.8, 4) is 0 Å². The first-order valence-corrected chi connectivity index (χ1v) is 23.9. The van der Waals surface area contributed by atoms with Crippen LogP contribution in [0.15, 0.2) is 35.4 Å². The smallest absolute Gasteiger partial charge is 0.306 e. The predicted octanol–water partition coefficient (Wildman–Crippen LogP) is 8.53. The average Bonchev–Trinajstić information content (AvgIpc) is 3.49. The molecule has 0 heterocycles. The van der Waals surface area contributed by atoms with Crippen LogP contribution in [0.1, 0.15) is 148 Å². The Balaban J connectivity index is 1.06. The number of nitrogens with two attached hydrogens (primary N) is 1. The number of carboxylic acids is 1. The number of rotatable bonds is 15. The Hall–Kier alpha value is -3.08. The van der Waals surface area contributed by atoms with Crippen LogP contribution in [0.4, 0.5) is 0 Å². The summed E-state index contributed by atoms with van der Waals surface area (Å²) in [6.07, 6.45) is 11.1. The van der Waals surface area contributed by atoms with E-state index in [4.69, 9.17) is 17.3 Å². The molecule has 0 aromatic heterocycles. The topological polar surface area (TPSA) is 176 Å². The molecule has 10 nitrogen and oxygen atoms in total. The third kappa shape index (κ3) is 8.52. The molecule has 0 aliphatic heterocycles. The number of carbonyl (C=O) groups is 5. The van der Waals surface area contributed by atoms with E-state index in [9.17, 15) is 34.2 Å². The van der Waals surface area contributed by atoms with Gasteiger partial charge in [0.1, 0.15) is 5.78 Å². The Labute approximate surface area is 368 Å². The van der Waals surface area contributed by atoms with Crippen LogP contribution in [0.25, 0.3) is 0 Å². The van der Waals surface area contributed by atoms with Crippen LogP contribution in [0.2, 0.25) is 5.02 Å². The van der Waals surface area contributed by atoms with Gasteiger partial charge in [0.15, 0.2) is 11.5 Å². The van der Waals surface area contributed by atoms with Gasteiger partial charge in [0.05, 0.1) is 12.5 Å². The largest absolute Gasteiger partial charge is 0.481 e. The maximum absolute atomic E-state index is 14.3. The van der Waals surface area contributed by atoms with Gasteiger partial charge < -0.3 is 26.6 Å². The summed E-state index contributed by atoms with van der Waals surface area (Å²) in [6, 6.07) is 6.49. The maximum Gasteiger partial charge on any atom is 0.306 e. The van der Waals surface area contributed by atoms with E-state index < -0.39 is 23.0 Å². The number of nitrogens with one attached hydrogen (secondary N) is 2. The minimum atomic E-state index is -1.69. The van der Waals surface area contributed by atoms with E-state index in [1.54, 1.807) is 24.3 Å². The number of allylic oxidation sites excluding steroid dienone is 2. The van der Waals surface area contributed by atoms with Crippen molar-refractivity contribution in [2.45, 2.75) is 144 Å². The molecular weight excluding hydrogens is 790 g/mol. The van der Waals surface area contributed by atoms with Crippen molar-refractivity contribution >= 4 is 41.0 Å². The molecule has 6 aliphatic carbocycles. The molecule has 0 spiro atoms. The van der Waals surface area contributed by atoms with Crippen LogP contribution in [0.5, 0.6) is 0 Å². The van der Waals surface area contributed by atoms with Crippen LogP contribution in [0, 0.1) is 75.4 Å². The van der Waals surface area contributed by atoms with Crippen molar-refractivity contribution in [1.29, 1.82) is 0 Å². The normalized spacial score (nSPS) is 36.1. The highest BCUT2D eigenvalue weighted by atomic mass is 35.5. The van der Waals surface area contributed by atoms with Gasteiger partial charge in [0.25, 0.3) is 5.91 Å². The summed E-state index contributed by atoms with van der Waals surface area (Å²) in [5.74, 6) is 0.971. The highest BCUT2D eigenvalue weighted by molar-refractivity contribution is 6.30. The lowest BCUT2D eigenvalue weighted by molar-refractivity contribution is -0.163. The second kappa shape index (κ2) is 17.5. The molecule has 336 valence electrons. The van der Waals surface area contributed by atoms with Crippen molar-refractivity contribution in [2.24, 2.45) is 81.2 Å². The first-order valence-electron chi connectivity index (χ1n) is 23.6. The predicted molar refractivity (Wildman–Crippen MR) is 236 cm³/mol. The number of aliphatic hydroxyl groups is 1. The molecule has 6 N–H and O–H groups in total. The first-order chi connectivity index (χ1) is 28.7. The van der Waals surface area contributed by atoms with E-state index in [1.165, 1.54) is 5.57 Å². The number of amides is 2. The lowest BCUT2D eigenvalue weighted by Crippen LogP contribution is -2.58. The van der Waals surface area contributed by atoms with E-state index >= 15 is 0 Å². The van der Waals surface area contributed by atoms with Crippen molar-refractivity contribution in [1.82, 2.24) is 10.6 Å². The quantitative estimate of drug-likeness (QED) is 0.0862. The average molecular weight is 863 g/mol. The van der Waals surface area contributed by atoms with Gasteiger partial charge in [-0.1, -0.05) is 58.7 Å². The molecule has 61 heavy (non-hydrogen) atoms. The van der Waals surface area contributed by atoms with E-state index in [-0.39, 0.29) is 77.3 Å². The number of halogens is 1. The Kier molecular flexibility index (Phi) is 13.2. The number of Topliss-reactive ketones (excluding diaryl/α,β-unsaturated/α-hetero) is 2. The van der Waals surface area contributed by atoms with Gasteiger partial charge in [-0.3, -0.25) is 24.0 Å². The highest BCUT2D eigenvalue weighted by Gasteiger charge is 2.63. The summed E-state index contributed by atoms with van der Waals surface area (Å²) in [5, 5.41) is 27.7. The molecule has 5 saturated carbocycles. The summed E-state index contributed by atoms with van der Waals surface area (Å²) >= 11 is 6.02. The van der Waals surface area contributed by atoms with Crippen LogP contribution < -0.4 is 16.4 Å². The van der Waals surface area contributed by atoms with Crippen molar-refractivity contribution < 1.29 is 34.2 Å². The molecule has 5 fully saturated rings. The fourth-order valence-electron chi connectivity index (χ4n) is 14.7. The zero-order valence-electron chi connectivity index (χ0n) is 37.5. The zero-order chi connectivity index (χ0) is 44.2. The molecule has 7 rings (SSSR count). The first kappa shape index (κ1) is 45.9. The van der Waals surface area contributed by atoms with Gasteiger partial charge >= 0.3 is 5.97 Å². The fourth-order valence-corrected chi connectivity index (χ4v) is 14.9. The van der Waals surface area contributed by atoms with Gasteiger partial charge in [-0.2, -0.15) is 0 Å². The lowest BCUT2D eigenvalue weighted by Gasteiger charge is -2.65. The molecule has 12 unspecified atom stereocenters. The minimum absolute atomic E-state index is 0.00510. The third-order valence-corrected chi connectivity index (χ3v) is 18.1. The molecule has 0 bridgehead atoms. The molecule has 6 aliphatic rings. The van der Waals surface area contributed by atoms with Crippen LogP contribution >= 0.6 is 11.6 Å². The second-order valence-corrected chi connectivity index (χ2v) is 22.2. The number of aliphatic carboxylic acids is 1. The number of ketones is 2. The summed E-state index contributed by atoms with van der Waals surface area (Å²) in [6.45, 7) is 13.8. The van der Waals surface area contributed by atoms with E-state index in [0.29, 0.717) is 78.8 Å². The zero-order valence-corrected chi connectivity index (χ0v) is 38.3. The van der Waals surface area contributed by atoms with Crippen molar-refractivity contribution in [3.05, 3.63) is 46.0 Å². The van der Waals surface area contributed by atoms with Crippen molar-refractivity contribution in [3.63, 3.8) is 0 Å². The van der Waals surface area contributed by atoms with Gasteiger partial charge in [0, 0.05) is 41.2 Å². The van der Waals surface area contributed by atoms with Crippen LogP contribution in [0.3, 0.4) is 0 Å². The second-order valence-electron chi connectivity index (χ2n) is 21.7. The van der Waals surface area contributed by atoms with E-state index in [1.807, 2.05) is 6.92 Å². The summed E-state index contributed by atoms with van der Waals surface area (Å²) in [5.41, 5.74) is 6.20.